The van der Waals surface area contributed by atoms with Crippen LogP contribution in [0.1, 0.15) is 12.0 Å². The summed E-state index contributed by atoms with van der Waals surface area (Å²) in [6.07, 6.45) is 5.45. The second-order valence-corrected chi connectivity index (χ2v) is 7.60. The smallest absolute Gasteiger partial charge is 0.232 e. The van der Waals surface area contributed by atoms with Crippen molar-refractivity contribution in [1.29, 1.82) is 5.26 Å². The lowest BCUT2D eigenvalue weighted by molar-refractivity contribution is -0.125. The molecule has 1 N–H and O–H groups in total. The van der Waals surface area contributed by atoms with Crippen molar-refractivity contribution in [3.8, 4) is 17.3 Å². The summed E-state index contributed by atoms with van der Waals surface area (Å²) in [6.45, 7) is 1.16. The average Bonchev–Trinajstić information content (AvgIpc) is 3.27. The minimum atomic E-state index is -0.473. The molecule has 134 valence electrons. The van der Waals surface area contributed by atoms with Gasteiger partial charge in [0.05, 0.1) is 17.1 Å². The number of amides is 1. The summed E-state index contributed by atoms with van der Waals surface area (Å²) in [7, 11) is 1.93. The van der Waals surface area contributed by atoms with Gasteiger partial charge >= 0.3 is 0 Å². The molecule has 0 radical (unpaired) electrons. The van der Waals surface area contributed by atoms with E-state index in [4.69, 9.17) is 5.26 Å². The van der Waals surface area contributed by atoms with Gasteiger partial charge in [0.15, 0.2) is 6.19 Å². The Hall–Kier alpha value is -3.33. The number of carbonyl (C=O) groups excluding carboxylic acids is 1. The van der Waals surface area contributed by atoms with E-state index in [0.29, 0.717) is 19.5 Å². The summed E-state index contributed by atoms with van der Waals surface area (Å²) in [4.78, 5) is 14.5. The van der Waals surface area contributed by atoms with Crippen LogP contribution in [0.25, 0.3) is 22.0 Å². The van der Waals surface area contributed by atoms with Crippen molar-refractivity contribution in [2.24, 2.45) is 12.5 Å². The second kappa shape index (κ2) is 5.58. The zero-order valence-corrected chi connectivity index (χ0v) is 15.1. The number of aryl methyl sites for hydroxylation is 1. The SMILES string of the molecule is Cn1ncc2cc(-c3ccc4c(c3)NC(=O)C3(CCN(C#N)C3)C4)ccc21. The first kappa shape index (κ1) is 15.9. The molecule has 1 aromatic heterocycles. The lowest BCUT2D eigenvalue weighted by Gasteiger charge is -2.33. The number of benzene rings is 2. The van der Waals surface area contributed by atoms with Crippen LogP contribution < -0.4 is 5.32 Å². The highest BCUT2D eigenvalue weighted by Gasteiger charge is 2.47. The van der Waals surface area contributed by atoms with E-state index >= 15 is 0 Å². The van der Waals surface area contributed by atoms with Gasteiger partial charge in [-0.25, -0.2) is 0 Å². The van der Waals surface area contributed by atoms with Gasteiger partial charge in [0.2, 0.25) is 5.91 Å². The Morgan fingerprint density at radius 2 is 2.04 bits per heavy atom. The van der Waals surface area contributed by atoms with Gasteiger partial charge in [0.25, 0.3) is 0 Å². The summed E-state index contributed by atoms with van der Waals surface area (Å²) < 4.78 is 1.86. The van der Waals surface area contributed by atoms with Crippen LogP contribution in [0, 0.1) is 16.9 Å². The number of rotatable bonds is 1. The van der Waals surface area contributed by atoms with Crippen LogP contribution in [0.3, 0.4) is 0 Å². The minimum Gasteiger partial charge on any atom is -0.325 e. The Kier molecular flexibility index (Phi) is 3.28. The molecule has 0 bridgehead atoms. The Bertz CT molecular complexity index is 1130. The number of likely N-dealkylation sites (tertiary alicyclic amines) is 1. The van der Waals surface area contributed by atoms with Gasteiger partial charge in [-0.2, -0.15) is 10.4 Å². The Labute approximate surface area is 157 Å². The first-order chi connectivity index (χ1) is 13.1. The van der Waals surface area contributed by atoms with Gasteiger partial charge in [-0.05, 0) is 47.7 Å². The molecule has 1 spiro atoms. The van der Waals surface area contributed by atoms with Crippen molar-refractivity contribution in [3.63, 3.8) is 0 Å². The predicted octanol–water partition coefficient (Wildman–Crippen LogP) is 2.91. The number of carbonyl (C=O) groups is 1. The summed E-state index contributed by atoms with van der Waals surface area (Å²) in [6, 6.07) is 12.5. The molecule has 0 saturated carbocycles. The normalized spacial score (nSPS) is 21.3. The fourth-order valence-electron chi connectivity index (χ4n) is 4.36. The van der Waals surface area contributed by atoms with Crippen LogP contribution in [0.4, 0.5) is 5.69 Å². The summed E-state index contributed by atoms with van der Waals surface area (Å²) in [5.74, 6) is 0.0348. The third-order valence-corrected chi connectivity index (χ3v) is 5.94. The molecule has 2 aromatic carbocycles. The number of fused-ring (bicyclic) bond motifs is 2. The zero-order chi connectivity index (χ0) is 18.6. The van der Waals surface area contributed by atoms with Crippen molar-refractivity contribution in [2.45, 2.75) is 12.8 Å². The lowest BCUT2D eigenvalue weighted by Crippen LogP contribution is -2.43. The molecule has 5 rings (SSSR count). The predicted molar refractivity (Wildman–Crippen MR) is 103 cm³/mol. The molecule has 6 nitrogen and oxygen atoms in total. The molecule has 3 aromatic rings. The fourth-order valence-corrected chi connectivity index (χ4v) is 4.36. The topological polar surface area (TPSA) is 74.0 Å². The molecule has 6 heteroatoms. The number of hydrogen-bond acceptors (Lipinski definition) is 4. The van der Waals surface area contributed by atoms with Crippen LogP contribution in [-0.2, 0) is 18.3 Å². The quantitative estimate of drug-likeness (QED) is 0.680. The highest BCUT2D eigenvalue weighted by molar-refractivity contribution is 5.99. The largest absolute Gasteiger partial charge is 0.325 e. The van der Waals surface area contributed by atoms with E-state index in [0.717, 1.165) is 39.7 Å². The van der Waals surface area contributed by atoms with Gasteiger partial charge < -0.3 is 10.2 Å². The number of aromatic nitrogens is 2. The molecular weight excluding hydrogens is 338 g/mol. The minimum absolute atomic E-state index is 0.0348. The monoisotopic (exact) mass is 357 g/mol. The van der Waals surface area contributed by atoms with E-state index < -0.39 is 5.41 Å². The van der Waals surface area contributed by atoms with Gasteiger partial charge in [-0.1, -0.05) is 18.2 Å². The maximum atomic E-state index is 12.8. The van der Waals surface area contributed by atoms with Crippen LogP contribution in [0.5, 0.6) is 0 Å². The molecule has 1 atom stereocenters. The van der Waals surface area contributed by atoms with Crippen molar-refractivity contribution >= 4 is 22.5 Å². The highest BCUT2D eigenvalue weighted by atomic mass is 16.2. The van der Waals surface area contributed by atoms with Crippen molar-refractivity contribution in [3.05, 3.63) is 48.2 Å². The van der Waals surface area contributed by atoms with Crippen LogP contribution in [0.15, 0.2) is 42.6 Å². The first-order valence-corrected chi connectivity index (χ1v) is 9.09. The van der Waals surface area contributed by atoms with Crippen LogP contribution in [-0.4, -0.2) is 33.7 Å². The number of nitriles is 1. The van der Waals surface area contributed by atoms with Crippen LogP contribution >= 0.6 is 0 Å². The molecule has 1 amide bonds. The summed E-state index contributed by atoms with van der Waals surface area (Å²) in [5, 5.41) is 17.6. The van der Waals surface area contributed by atoms with E-state index in [9.17, 15) is 4.79 Å². The number of anilines is 1. The number of hydrogen-bond donors (Lipinski definition) is 1. The van der Waals surface area contributed by atoms with Gasteiger partial charge in [-0.15, -0.1) is 0 Å². The molecule has 3 heterocycles. The summed E-state index contributed by atoms with van der Waals surface area (Å²) >= 11 is 0. The third-order valence-electron chi connectivity index (χ3n) is 5.94. The van der Waals surface area contributed by atoms with E-state index in [-0.39, 0.29) is 5.91 Å². The molecule has 1 saturated heterocycles. The van der Waals surface area contributed by atoms with E-state index in [1.165, 1.54) is 0 Å². The van der Waals surface area contributed by atoms with Crippen molar-refractivity contribution in [2.75, 3.05) is 18.4 Å². The van der Waals surface area contributed by atoms with Gasteiger partial charge in [-0.3, -0.25) is 9.48 Å². The average molecular weight is 357 g/mol. The van der Waals surface area contributed by atoms with Crippen LogP contribution in [0.2, 0.25) is 0 Å². The summed E-state index contributed by atoms with van der Waals surface area (Å²) in [5.41, 5.74) is 4.81. The third kappa shape index (κ3) is 2.39. The Morgan fingerprint density at radius 1 is 1.22 bits per heavy atom. The Morgan fingerprint density at radius 3 is 2.85 bits per heavy atom. The van der Waals surface area contributed by atoms with E-state index in [1.54, 1.807) is 4.90 Å². The maximum absolute atomic E-state index is 12.8. The van der Waals surface area contributed by atoms with E-state index in [2.05, 4.69) is 53.0 Å². The van der Waals surface area contributed by atoms with Crippen molar-refractivity contribution < 1.29 is 4.79 Å². The first-order valence-electron chi connectivity index (χ1n) is 9.09. The van der Waals surface area contributed by atoms with E-state index in [1.807, 2.05) is 17.9 Å². The van der Waals surface area contributed by atoms with Crippen molar-refractivity contribution in [1.82, 2.24) is 14.7 Å². The molecule has 1 fully saturated rings. The molecule has 1 unspecified atom stereocenters. The van der Waals surface area contributed by atoms with Gasteiger partial charge in [0, 0.05) is 31.2 Å². The second-order valence-electron chi connectivity index (χ2n) is 7.60. The Balaban J connectivity index is 1.50. The fraction of sp³-hybridized carbons (Fsp3) is 0.286. The molecule has 27 heavy (non-hydrogen) atoms. The zero-order valence-electron chi connectivity index (χ0n) is 15.1. The van der Waals surface area contributed by atoms with Gasteiger partial charge in [0.1, 0.15) is 0 Å². The molecular formula is C21H19N5O. The molecule has 0 aliphatic carbocycles. The number of nitrogens with zero attached hydrogens (tertiary/aromatic N) is 4. The standard InChI is InChI=1S/C21H19N5O/c1-25-19-5-4-14(8-17(19)11-23-25)15-2-3-16-10-21(6-7-26(12-21)13-22)20(27)24-18(16)9-15/h2-5,8-9,11H,6-7,10,12H2,1H3,(H,24,27). The highest BCUT2D eigenvalue weighted by Crippen LogP contribution is 2.41. The maximum Gasteiger partial charge on any atom is 0.232 e. The molecule has 2 aliphatic heterocycles. The lowest BCUT2D eigenvalue weighted by atomic mass is 9.76. The molecule has 2 aliphatic rings. The number of nitrogens with one attached hydrogen (secondary N) is 1.